The fourth-order valence-electron chi connectivity index (χ4n) is 2.64. The van der Waals surface area contributed by atoms with E-state index in [2.05, 4.69) is 41.5 Å². The number of benzene rings is 2. The van der Waals surface area contributed by atoms with Crippen molar-refractivity contribution in [2.24, 2.45) is 0 Å². The highest BCUT2D eigenvalue weighted by Crippen LogP contribution is 2.27. The van der Waals surface area contributed by atoms with Gasteiger partial charge in [0.2, 0.25) is 0 Å². The molecular formula is C21H22N2OS2. The van der Waals surface area contributed by atoms with Crippen molar-refractivity contribution >= 4 is 29.0 Å². The van der Waals surface area contributed by atoms with Crippen LogP contribution in [-0.2, 0) is 12.2 Å². The van der Waals surface area contributed by atoms with Crippen molar-refractivity contribution < 1.29 is 4.79 Å². The number of nitrogens with one attached hydrogen (secondary N) is 1. The summed E-state index contributed by atoms with van der Waals surface area (Å²) in [5, 5.41) is 5.16. The van der Waals surface area contributed by atoms with Gasteiger partial charge in [0.15, 0.2) is 0 Å². The predicted octanol–water partition coefficient (Wildman–Crippen LogP) is 5.49. The number of hydrogen-bond donors (Lipinski definition) is 1. The molecule has 0 saturated carbocycles. The second kappa shape index (κ2) is 9.01. The average Bonchev–Trinajstić information content (AvgIpc) is 3.20. The van der Waals surface area contributed by atoms with E-state index in [-0.39, 0.29) is 11.9 Å². The highest BCUT2D eigenvalue weighted by Gasteiger charge is 2.15. The topological polar surface area (TPSA) is 42.0 Å². The fourth-order valence-corrected chi connectivity index (χ4v) is 4.26. The average molecular weight is 383 g/mol. The number of thiazole rings is 1. The lowest BCUT2D eigenvalue weighted by molar-refractivity contribution is 0.0937. The van der Waals surface area contributed by atoms with Gasteiger partial charge in [-0.15, -0.1) is 23.1 Å². The number of carbonyl (C=O) groups is 1. The van der Waals surface area contributed by atoms with E-state index in [9.17, 15) is 4.79 Å². The van der Waals surface area contributed by atoms with E-state index >= 15 is 0 Å². The Labute approximate surface area is 162 Å². The molecular weight excluding hydrogens is 360 g/mol. The summed E-state index contributed by atoms with van der Waals surface area (Å²) in [7, 11) is 0. The first-order chi connectivity index (χ1) is 12.7. The Bertz CT molecular complexity index is 845. The van der Waals surface area contributed by atoms with Crippen LogP contribution in [-0.4, -0.2) is 10.9 Å². The summed E-state index contributed by atoms with van der Waals surface area (Å²) in [5.74, 6) is 0.723. The van der Waals surface area contributed by atoms with Crippen molar-refractivity contribution in [2.45, 2.75) is 37.0 Å². The highest BCUT2D eigenvalue weighted by atomic mass is 32.2. The standard InChI is InChI=1S/C21H22N2OS2/c1-3-16-8-10-17(11-9-16)15(2)23-21(24)19-6-4-5-7-20(19)26-13-18-12-25-14-22-18/h4-12,14-15H,3,13H2,1-2H3,(H,23,24). The van der Waals surface area contributed by atoms with Gasteiger partial charge >= 0.3 is 0 Å². The van der Waals surface area contributed by atoms with Crippen molar-refractivity contribution in [1.82, 2.24) is 10.3 Å². The summed E-state index contributed by atoms with van der Waals surface area (Å²) < 4.78 is 0. The van der Waals surface area contributed by atoms with Gasteiger partial charge in [-0.05, 0) is 36.6 Å². The molecule has 0 bridgehead atoms. The summed E-state index contributed by atoms with van der Waals surface area (Å²) in [5.41, 5.74) is 6.00. The third kappa shape index (κ3) is 4.74. The third-order valence-electron chi connectivity index (χ3n) is 4.23. The molecule has 2 aromatic carbocycles. The molecule has 1 aromatic heterocycles. The molecule has 5 heteroatoms. The number of amides is 1. The molecule has 1 unspecified atom stereocenters. The van der Waals surface area contributed by atoms with Crippen LogP contribution in [0.4, 0.5) is 0 Å². The van der Waals surface area contributed by atoms with Gasteiger partial charge in [0.05, 0.1) is 22.8 Å². The maximum absolute atomic E-state index is 12.8. The van der Waals surface area contributed by atoms with Crippen LogP contribution in [0.3, 0.4) is 0 Å². The molecule has 1 atom stereocenters. The molecule has 0 radical (unpaired) electrons. The second-order valence-electron chi connectivity index (χ2n) is 6.05. The second-order valence-corrected chi connectivity index (χ2v) is 7.79. The molecule has 3 aromatic rings. The quantitative estimate of drug-likeness (QED) is 0.550. The largest absolute Gasteiger partial charge is 0.345 e. The Morgan fingerprint density at radius 1 is 1.19 bits per heavy atom. The molecule has 26 heavy (non-hydrogen) atoms. The van der Waals surface area contributed by atoms with Gasteiger partial charge in [-0.3, -0.25) is 4.79 Å². The molecule has 3 rings (SSSR count). The van der Waals surface area contributed by atoms with E-state index in [1.165, 1.54) is 5.56 Å². The molecule has 3 nitrogen and oxygen atoms in total. The van der Waals surface area contributed by atoms with Crippen LogP contribution in [0.25, 0.3) is 0 Å². The number of aryl methyl sites for hydroxylation is 1. The molecule has 1 amide bonds. The van der Waals surface area contributed by atoms with Crippen molar-refractivity contribution in [3.8, 4) is 0 Å². The van der Waals surface area contributed by atoms with Crippen LogP contribution in [0, 0.1) is 0 Å². The monoisotopic (exact) mass is 382 g/mol. The van der Waals surface area contributed by atoms with Crippen LogP contribution in [0.5, 0.6) is 0 Å². The Hall–Kier alpha value is -2.11. The van der Waals surface area contributed by atoms with Gasteiger partial charge in [0, 0.05) is 16.0 Å². The zero-order chi connectivity index (χ0) is 18.4. The van der Waals surface area contributed by atoms with Gasteiger partial charge in [-0.25, -0.2) is 4.98 Å². The maximum Gasteiger partial charge on any atom is 0.252 e. The molecule has 1 N–H and O–H groups in total. The molecule has 0 aliphatic heterocycles. The van der Waals surface area contributed by atoms with Crippen molar-refractivity contribution in [3.05, 3.63) is 81.8 Å². The molecule has 0 fully saturated rings. The smallest absolute Gasteiger partial charge is 0.252 e. The van der Waals surface area contributed by atoms with Crippen LogP contribution in [0.1, 0.15) is 47.1 Å². The number of nitrogens with zero attached hydrogens (tertiary/aromatic N) is 1. The van der Waals surface area contributed by atoms with E-state index in [0.717, 1.165) is 28.3 Å². The van der Waals surface area contributed by atoms with E-state index in [0.29, 0.717) is 5.56 Å². The Kier molecular flexibility index (Phi) is 6.47. The normalized spacial score (nSPS) is 11.9. The van der Waals surface area contributed by atoms with E-state index in [1.807, 2.05) is 42.1 Å². The highest BCUT2D eigenvalue weighted by molar-refractivity contribution is 7.98. The van der Waals surface area contributed by atoms with Gasteiger partial charge in [0.1, 0.15) is 0 Å². The van der Waals surface area contributed by atoms with Crippen LogP contribution < -0.4 is 5.32 Å². The number of carbonyl (C=O) groups excluding carboxylic acids is 1. The SMILES string of the molecule is CCc1ccc(C(C)NC(=O)c2ccccc2SCc2cscn2)cc1. The lowest BCUT2D eigenvalue weighted by atomic mass is 10.0. The van der Waals surface area contributed by atoms with Crippen LogP contribution >= 0.6 is 23.1 Å². The molecule has 134 valence electrons. The number of hydrogen-bond acceptors (Lipinski definition) is 4. The molecule has 0 aliphatic rings. The van der Waals surface area contributed by atoms with E-state index in [4.69, 9.17) is 0 Å². The van der Waals surface area contributed by atoms with Crippen molar-refractivity contribution in [1.29, 1.82) is 0 Å². The summed E-state index contributed by atoms with van der Waals surface area (Å²) in [6, 6.07) is 16.1. The lowest BCUT2D eigenvalue weighted by Crippen LogP contribution is -2.27. The Balaban J connectivity index is 1.68. The minimum Gasteiger partial charge on any atom is -0.345 e. The number of aromatic nitrogens is 1. The predicted molar refractivity (Wildman–Crippen MR) is 110 cm³/mol. The Morgan fingerprint density at radius 3 is 2.65 bits per heavy atom. The zero-order valence-corrected chi connectivity index (χ0v) is 16.6. The summed E-state index contributed by atoms with van der Waals surface area (Å²) in [6.45, 7) is 4.16. The minimum atomic E-state index is -0.0431. The van der Waals surface area contributed by atoms with Gasteiger partial charge in [-0.2, -0.15) is 0 Å². The third-order valence-corrected chi connectivity index (χ3v) is 5.97. The van der Waals surface area contributed by atoms with Crippen LogP contribution in [0.15, 0.2) is 64.3 Å². The first-order valence-corrected chi connectivity index (χ1v) is 10.6. The molecule has 1 heterocycles. The molecule has 0 aliphatic carbocycles. The fraction of sp³-hybridized carbons (Fsp3) is 0.238. The van der Waals surface area contributed by atoms with E-state index < -0.39 is 0 Å². The first kappa shape index (κ1) is 18.7. The van der Waals surface area contributed by atoms with Gasteiger partial charge < -0.3 is 5.32 Å². The van der Waals surface area contributed by atoms with Crippen molar-refractivity contribution in [3.63, 3.8) is 0 Å². The van der Waals surface area contributed by atoms with Gasteiger partial charge in [0.25, 0.3) is 5.91 Å². The summed E-state index contributed by atoms with van der Waals surface area (Å²) >= 11 is 3.23. The van der Waals surface area contributed by atoms with Crippen LogP contribution in [0.2, 0.25) is 0 Å². The molecule has 0 saturated heterocycles. The first-order valence-electron chi connectivity index (χ1n) is 8.66. The maximum atomic E-state index is 12.8. The zero-order valence-electron chi connectivity index (χ0n) is 14.9. The lowest BCUT2D eigenvalue weighted by Gasteiger charge is -2.16. The molecule has 0 spiro atoms. The van der Waals surface area contributed by atoms with E-state index in [1.54, 1.807) is 23.1 Å². The number of rotatable bonds is 7. The summed E-state index contributed by atoms with van der Waals surface area (Å²) in [4.78, 5) is 18.1. The number of thioether (sulfide) groups is 1. The minimum absolute atomic E-state index is 0.0370. The Morgan fingerprint density at radius 2 is 1.96 bits per heavy atom. The summed E-state index contributed by atoms with van der Waals surface area (Å²) in [6.07, 6.45) is 1.02. The van der Waals surface area contributed by atoms with Gasteiger partial charge in [-0.1, -0.05) is 43.3 Å². The van der Waals surface area contributed by atoms with Crippen molar-refractivity contribution in [2.75, 3.05) is 0 Å².